The largest absolute Gasteiger partial charge is 0.423 e. The number of rotatable bonds is 5. The van der Waals surface area contributed by atoms with Gasteiger partial charge in [0.2, 0.25) is 0 Å². The van der Waals surface area contributed by atoms with Crippen LogP contribution < -0.4 is 5.63 Å². The highest BCUT2D eigenvalue weighted by Crippen LogP contribution is 2.34. The van der Waals surface area contributed by atoms with Crippen LogP contribution in [0.15, 0.2) is 105 Å². The lowest BCUT2D eigenvalue weighted by molar-refractivity contribution is 0.560. The molecule has 6 heteroatoms. The minimum Gasteiger partial charge on any atom is -0.423 e. The van der Waals surface area contributed by atoms with Gasteiger partial charge in [0.1, 0.15) is 5.58 Å². The summed E-state index contributed by atoms with van der Waals surface area (Å²) in [7, 11) is 0. The van der Waals surface area contributed by atoms with Crippen molar-refractivity contribution in [2.75, 3.05) is 0 Å². The summed E-state index contributed by atoms with van der Waals surface area (Å²) in [5, 5.41) is 13.0. The molecule has 0 atom stereocenters. The van der Waals surface area contributed by atoms with Gasteiger partial charge in [-0.2, -0.15) is 0 Å². The van der Waals surface area contributed by atoms with Crippen molar-refractivity contribution in [3.8, 4) is 17.1 Å². The molecule has 0 bridgehead atoms. The molecule has 0 unspecified atom stereocenters. The minimum absolute atomic E-state index is 0.353. The molecule has 2 heterocycles. The Kier molecular flexibility index (Phi) is 5.66. The molecular weight excluding hydrogens is 466 g/mol. The Bertz CT molecular complexity index is 1790. The van der Waals surface area contributed by atoms with Crippen LogP contribution in [-0.4, -0.2) is 14.8 Å². The Balaban J connectivity index is 1.47. The number of thioether (sulfide) groups is 1. The van der Waals surface area contributed by atoms with E-state index >= 15 is 0 Å². The standard InChI is InChI=1S/C30H23N3O2S/c1-19-12-14-24(16-20(19)2)33-29(22-9-4-3-5-10-22)31-32-30(33)36-18-23-17-27(34)35-26-15-13-21-8-6-7-11-25(21)28(23)26/h3-17H,18H2,1-2H3. The van der Waals surface area contributed by atoms with E-state index < -0.39 is 0 Å². The first-order chi connectivity index (χ1) is 17.6. The third-order valence-electron chi connectivity index (χ3n) is 6.49. The van der Waals surface area contributed by atoms with E-state index in [0.717, 1.165) is 44.0 Å². The first-order valence-corrected chi connectivity index (χ1v) is 12.7. The zero-order chi connectivity index (χ0) is 24.6. The molecule has 0 aliphatic heterocycles. The lowest BCUT2D eigenvalue weighted by atomic mass is 10.0. The summed E-state index contributed by atoms with van der Waals surface area (Å²) in [4.78, 5) is 12.4. The second-order valence-electron chi connectivity index (χ2n) is 8.82. The third-order valence-corrected chi connectivity index (χ3v) is 7.46. The molecule has 36 heavy (non-hydrogen) atoms. The van der Waals surface area contributed by atoms with Crippen LogP contribution in [0.4, 0.5) is 0 Å². The number of hydrogen-bond acceptors (Lipinski definition) is 5. The van der Waals surface area contributed by atoms with Crippen molar-refractivity contribution in [2.45, 2.75) is 24.8 Å². The van der Waals surface area contributed by atoms with Gasteiger partial charge in [0.05, 0.1) is 5.69 Å². The van der Waals surface area contributed by atoms with Crippen molar-refractivity contribution < 1.29 is 4.42 Å². The molecule has 0 aliphatic rings. The SMILES string of the molecule is Cc1ccc(-n2c(SCc3cc(=O)oc4ccc5ccccc5c34)nnc2-c2ccccc2)cc1C. The summed E-state index contributed by atoms with van der Waals surface area (Å²) >= 11 is 1.56. The highest BCUT2D eigenvalue weighted by molar-refractivity contribution is 7.98. The van der Waals surface area contributed by atoms with Crippen LogP contribution in [0.5, 0.6) is 0 Å². The number of fused-ring (bicyclic) bond motifs is 3. The smallest absolute Gasteiger partial charge is 0.336 e. The van der Waals surface area contributed by atoms with Crippen LogP contribution in [0.2, 0.25) is 0 Å². The van der Waals surface area contributed by atoms with Gasteiger partial charge in [-0.3, -0.25) is 4.57 Å². The summed E-state index contributed by atoms with van der Waals surface area (Å²) in [5.41, 5.74) is 5.59. The predicted molar refractivity (Wildman–Crippen MR) is 146 cm³/mol. The Morgan fingerprint density at radius 2 is 1.64 bits per heavy atom. The van der Waals surface area contributed by atoms with Gasteiger partial charge in [-0.25, -0.2) is 4.79 Å². The van der Waals surface area contributed by atoms with Gasteiger partial charge in [0.15, 0.2) is 11.0 Å². The summed E-state index contributed by atoms with van der Waals surface area (Å²) in [6.07, 6.45) is 0. The van der Waals surface area contributed by atoms with Gasteiger partial charge in [-0.15, -0.1) is 10.2 Å². The molecule has 0 saturated carbocycles. The maximum absolute atomic E-state index is 12.4. The maximum atomic E-state index is 12.4. The van der Waals surface area contributed by atoms with Crippen LogP contribution in [0.3, 0.4) is 0 Å². The normalized spacial score (nSPS) is 11.4. The van der Waals surface area contributed by atoms with Crippen LogP contribution in [-0.2, 0) is 5.75 Å². The Morgan fingerprint density at radius 1 is 0.833 bits per heavy atom. The quantitative estimate of drug-likeness (QED) is 0.147. The fraction of sp³-hybridized carbons (Fsp3) is 0.100. The molecule has 2 aromatic heterocycles. The zero-order valence-electron chi connectivity index (χ0n) is 19.9. The number of benzene rings is 4. The molecule has 0 saturated heterocycles. The topological polar surface area (TPSA) is 60.9 Å². The number of aryl methyl sites for hydroxylation is 2. The van der Waals surface area contributed by atoms with Crippen molar-refractivity contribution in [3.05, 3.63) is 118 Å². The third kappa shape index (κ3) is 3.99. The average molecular weight is 490 g/mol. The highest BCUT2D eigenvalue weighted by Gasteiger charge is 2.18. The van der Waals surface area contributed by atoms with Gasteiger partial charge in [0, 0.05) is 22.8 Å². The summed E-state index contributed by atoms with van der Waals surface area (Å²) in [6.45, 7) is 4.22. The van der Waals surface area contributed by atoms with Crippen molar-refractivity contribution in [2.24, 2.45) is 0 Å². The molecular formula is C30H23N3O2S. The monoisotopic (exact) mass is 489 g/mol. The van der Waals surface area contributed by atoms with E-state index in [9.17, 15) is 4.79 Å². The first-order valence-electron chi connectivity index (χ1n) is 11.7. The average Bonchev–Trinajstić information content (AvgIpc) is 3.33. The summed E-state index contributed by atoms with van der Waals surface area (Å²) < 4.78 is 7.64. The molecule has 0 aliphatic carbocycles. The number of aromatic nitrogens is 3. The van der Waals surface area contributed by atoms with E-state index in [-0.39, 0.29) is 5.63 Å². The van der Waals surface area contributed by atoms with Crippen molar-refractivity contribution in [1.82, 2.24) is 14.8 Å². The Hall–Kier alpha value is -4.16. The number of nitrogens with zero attached hydrogens (tertiary/aromatic N) is 3. The van der Waals surface area contributed by atoms with E-state index in [1.165, 1.54) is 11.1 Å². The molecule has 4 aromatic carbocycles. The summed E-state index contributed by atoms with van der Waals surface area (Å²) in [5.74, 6) is 1.33. The molecule has 0 amide bonds. The lowest BCUT2D eigenvalue weighted by Gasteiger charge is -2.13. The van der Waals surface area contributed by atoms with Crippen LogP contribution in [0.1, 0.15) is 16.7 Å². The summed E-state index contributed by atoms with van der Waals surface area (Å²) in [6, 6.07) is 30.1. The van der Waals surface area contributed by atoms with Crippen molar-refractivity contribution >= 4 is 33.5 Å². The fourth-order valence-corrected chi connectivity index (χ4v) is 5.44. The van der Waals surface area contributed by atoms with Crippen LogP contribution in [0.25, 0.3) is 38.8 Å². The molecule has 0 fully saturated rings. The molecule has 176 valence electrons. The van der Waals surface area contributed by atoms with Crippen LogP contribution in [0, 0.1) is 13.8 Å². The highest BCUT2D eigenvalue weighted by atomic mass is 32.2. The molecule has 6 aromatic rings. The van der Waals surface area contributed by atoms with E-state index in [4.69, 9.17) is 4.42 Å². The Morgan fingerprint density at radius 3 is 2.47 bits per heavy atom. The molecule has 0 N–H and O–H groups in total. The fourth-order valence-electron chi connectivity index (χ4n) is 4.51. The maximum Gasteiger partial charge on any atom is 0.336 e. The zero-order valence-corrected chi connectivity index (χ0v) is 20.8. The minimum atomic E-state index is -0.353. The first kappa shape index (κ1) is 22.3. The second-order valence-corrected chi connectivity index (χ2v) is 9.76. The van der Waals surface area contributed by atoms with Gasteiger partial charge in [-0.05, 0) is 59.5 Å². The molecule has 5 nitrogen and oxygen atoms in total. The lowest BCUT2D eigenvalue weighted by Crippen LogP contribution is -2.02. The van der Waals surface area contributed by atoms with Crippen molar-refractivity contribution in [1.29, 1.82) is 0 Å². The molecule has 0 spiro atoms. The van der Waals surface area contributed by atoms with E-state index in [1.54, 1.807) is 17.8 Å². The van der Waals surface area contributed by atoms with E-state index in [1.807, 2.05) is 54.6 Å². The van der Waals surface area contributed by atoms with Gasteiger partial charge in [0.25, 0.3) is 0 Å². The van der Waals surface area contributed by atoms with Crippen LogP contribution >= 0.6 is 11.8 Å². The molecule has 6 rings (SSSR count). The number of hydrogen-bond donors (Lipinski definition) is 0. The molecule has 0 radical (unpaired) electrons. The van der Waals surface area contributed by atoms with Gasteiger partial charge in [-0.1, -0.05) is 78.5 Å². The van der Waals surface area contributed by atoms with E-state index in [0.29, 0.717) is 11.3 Å². The Labute approximate surface area is 212 Å². The van der Waals surface area contributed by atoms with Gasteiger partial charge < -0.3 is 4.42 Å². The van der Waals surface area contributed by atoms with E-state index in [2.05, 4.69) is 58.9 Å². The van der Waals surface area contributed by atoms with Gasteiger partial charge >= 0.3 is 5.63 Å². The second kappa shape index (κ2) is 9.13. The van der Waals surface area contributed by atoms with Crippen molar-refractivity contribution in [3.63, 3.8) is 0 Å². The predicted octanol–water partition coefficient (Wildman–Crippen LogP) is 7.10.